The van der Waals surface area contributed by atoms with E-state index >= 15 is 0 Å². The van der Waals surface area contributed by atoms with Gasteiger partial charge >= 0.3 is 0 Å². The Bertz CT molecular complexity index is 192. The quantitative estimate of drug-likeness (QED) is 0.573. The Morgan fingerprint density at radius 2 is 1.57 bits per heavy atom. The molecule has 1 saturated heterocycles. The van der Waals surface area contributed by atoms with E-state index in [0.717, 1.165) is 11.8 Å². The minimum atomic E-state index is 0.391. The van der Waals surface area contributed by atoms with Gasteiger partial charge in [0.25, 0.3) is 0 Å². The van der Waals surface area contributed by atoms with Crippen molar-refractivity contribution in [3.8, 4) is 0 Å². The summed E-state index contributed by atoms with van der Waals surface area (Å²) in [5, 5.41) is 0. The Balaban J connectivity index is 1.96. The maximum atomic E-state index is 2.69. The van der Waals surface area contributed by atoms with Crippen LogP contribution >= 0.6 is 0 Å². The van der Waals surface area contributed by atoms with Gasteiger partial charge in [0, 0.05) is 12.1 Å². The lowest BCUT2D eigenvalue weighted by atomic mass is 9.74. The highest BCUT2D eigenvalue weighted by Gasteiger charge is 2.34. The van der Waals surface area contributed by atoms with E-state index in [4.69, 9.17) is 0 Å². The molecule has 0 aromatic heterocycles. The van der Waals surface area contributed by atoms with Crippen LogP contribution in [0.3, 0.4) is 0 Å². The van der Waals surface area contributed by atoms with E-state index in [9.17, 15) is 0 Å². The normalized spacial score (nSPS) is 35.4. The standard InChI is InChI=1S/C13H25N/c1-13(2,3)14-9-8-11-6-4-5-7-12(11)10-14/h11-12H,4-10H2,1-3H3/t11-,12-/m0/s1. The highest BCUT2D eigenvalue weighted by molar-refractivity contribution is 4.88. The smallest absolute Gasteiger partial charge is 0.0125 e. The van der Waals surface area contributed by atoms with Gasteiger partial charge in [-0.15, -0.1) is 0 Å². The van der Waals surface area contributed by atoms with Gasteiger partial charge in [0.1, 0.15) is 0 Å². The summed E-state index contributed by atoms with van der Waals surface area (Å²) in [4.78, 5) is 2.69. The molecular formula is C13H25N. The molecule has 1 heteroatoms. The van der Waals surface area contributed by atoms with Crippen LogP contribution in [0.2, 0.25) is 0 Å². The molecule has 0 radical (unpaired) electrons. The van der Waals surface area contributed by atoms with Gasteiger partial charge in [-0.3, -0.25) is 4.90 Å². The average Bonchev–Trinajstić information content (AvgIpc) is 2.16. The summed E-state index contributed by atoms with van der Waals surface area (Å²) in [6.07, 6.45) is 7.46. The zero-order chi connectivity index (χ0) is 10.2. The minimum Gasteiger partial charge on any atom is -0.298 e. The summed E-state index contributed by atoms with van der Waals surface area (Å²) in [5.41, 5.74) is 0.391. The van der Waals surface area contributed by atoms with Gasteiger partial charge in [-0.05, 0) is 52.0 Å². The number of likely N-dealkylation sites (tertiary alicyclic amines) is 1. The lowest BCUT2D eigenvalue weighted by molar-refractivity contribution is 0.0287. The van der Waals surface area contributed by atoms with Crippen molar-refractivity contribution in [3.05, 3.63) is 0 Å². The van der Waals surface area contributed by atoms with E-state index in [1.165, 1.54) is 45.2 Å². The Labute approximate surface area is 88.9 Å². The summed E-state index contributed by atoms with van der Waals surface area (Å²) in [6, 6.07) is 0. The van der Waals surface area contributed by atoms with E-state index < -0.39 is 0 Å². The molecule has 0 bridgehead atoms. The predicted molar refractivity (Wildman–Crippen MR) is 61.4 cm³/mol. The molecule has 2 fully saturated rings. The van der Waals surface area contributed by atoms with Crippen LogP contribution in [0.5, 0.6) is 0 Å². The number of hydrogen-bond donors (Lipinski definition) is 0. The summed E-state index contributed by atoms with van der Waals surface area (Å²) in [5.74, 6) is 2.10. The summed E-state index contributed by atoms with van der Waals surface area (Å²) < 4.78 is 0. The fourth-order valence-electron chi connectivity index (χ4n) is 3.21. The van der Waals surface area contributed by atoms with Gasteiger partial charge in [-0.25, -0.2) is 0 Å². The van der Waals surface area contributed by atoms with Gasteiger partial charge in [0.05, 0.1) is 0 Å². The second-order valence-corrected chi connectivity index (χ2v) is 6.21. The predicted octanol–water partition coefficient (Wildman–Crippen LogP) is 3.30. The van der Waals surface area contributed by atoms with Gasteiger partial charge in [-0.1, -0.05) is 19.3 Å². The summed E-state index contributed by atoms with van der Waals surface area (Å²) >= 11 is 0. The number of fused-ring (bicyclic) bond motifs is 1. The molecule has 2 rings (SSSR count). The molecular weight excluding hydrogens is 170 g/mol. The number of nitrogens with zero attached hydrogens (tertiary/aromatic N) is 1. The average molecular weight is 195 g/mol. The second-order valence-electron chi connectivity index (χ2n) is 6.21. The SMILES string of the molecule is CC(C)(C)N1CC[C@@H]2CCCC[C@H]2C1. The van der Waals surface area contributed by atoms with Gasteiger partial charge in [0.2, 0.25) is 0 Å². The molecule has 1 aliphatic heterocycles. The third kappa shape index (κ3) is 2.13. The molecule has 0 N–H and O–H groups in total. The highest BCUT2D eigenvalue weighted by Crippen LogP contribution is 2.37. The maximum Gasteiger partial charge on any atom is 0.0125 e. The van der Waals surface area contributed by atoms with Crippen molar-refractivity contribution < 1.29 is 0 Å². The van der Waals surface area contributed by atoms with Crippen molar-refractivity contribution in [1.29, 1.82) is 0 Å². The molecule has 14 heavy (non-hydrogen) atoms. The fraction of sp³-hybridized carbons (Fsp3) is 1.00. The molecule has 0 aromatic rings. The molecule has 1 saturated carbocycles. The van der Waals surface area contributed by atoms with E-state index in [-0.39, 0.29) is 0 Å². The van der Waals surface area contributed by atoms with Crippen molar-refractivity contribution in [3.63, 3.8) is 0 Å². The van der Waals surface area contributed by atoms with Crippen LogP contribution in [-0.4, -0.2) is 23.5 Å². The number of hydrogen-bond acceptors (Lipinski definition) is 1. The summed E-state index contributed by atoms with van der Waals surface area (Å²) in [7, 11) is 0. The van der Waals surface area contributed by atoms with E-state index in [0.29, 0.717) is 5.54 Å². The van der Waals surface area contributed by atoms with Crippen molar-refractivity contribution in [1.82, 2.24) is 4.90 Å². The van der Waals surface area contributed by atoms with Crippen LogP contribution < -0.4 is 0 Å². The van der Waals surface area contributed by atoms with Crippen molar-refractivity contribution >= 4 is 0 Å². The molecule has 82 valence electrons. The first kappa shape index (κ1) is 10.5. The third-order valence-corrected chi connectivity index (χ3v) is 4.24. The minimum absolute atomic E-state index is 0.391. The van der Waals surface area contributed by atoms with E-state index in [2.05, 4.69) is 25.7 Å². The van der Waals surface area contributed by atoms with Crippen molar-refractivity contribution in [2.24, 2.45) is 11.8 Å². The maximum absolute atomic E-state index is 2.69. The van der Waals surface area contributed by atoms with Crippen LogP contribution in [0.1, 0.15) is 52.9 Å². The molecule has 2 atom stereocenters. The lowest BCUT2D eigenvalue weighted by Gasteiger charge is -2.46. The Kier molecular flexibility index (Phi) is 2.88. The first-order chi connectivity index (χ1) is 6.57. The molecule has 1 heterocycles. The monoisotopic (exact) mass is 195 g/mol. The van der Waals surface area contributed by atoms with Crippen LogP contribution in [0.15, 0.2) is 0 Å². The molecule has 0 amide bonds. The largest absolute Gasteiger partial charge is 0.298 e. The van der Waals surface area contributed by atoms with E-state index in [1.807, 2.05) is 0 Å². The van der Waals surface area contributed by atoms with E-state index in [1.54, 1.807) is 0 Å². The third-order valence-electron chi connectivity index (χ3n) is 4.24. The zero-order valence-electron chi connectivity index (χ0n) is 10.1. The number of rotatable bonds is 0. The highest BCUT2D eigenvalue weighted by atomic mass is 15.2. The van der Waals surface area contributed by atoms with Gasteiger partial charge in [0.15, 0.2) is 0 Å². The first-order valence-corrected chi connectivity index (χ1v) is 6.32. The van der Waals surface area contributed by atoms with Crippen LogP contribution in [-0.2, 0) is 0 Å². The van der Waals surface area contributed by atoms with Crippen molar-refractivity contribution in [2.75, 3.05) is 13.1 Å². The first-order valence-electron chi connectivity index (χ1n) is 6.32. The summed E-state index contributed by atoms with van der Waals surface area (Å²) in [6.45, 7) is 9.78. The lowest BCUT2D eigenvalue weighted by Crippen LogP contribution is -2.50. The molecule has 1 aliphatic carbocycles. The Morgan fingerprint density at radius 3 is 2.21 bits per heavy atom. The Hall–Kier alpha value is -0.0400. The van der Waals surface area contributed by atoms with Crippen molar-refractivity contribution in [2.45, 2.75) is 58.4 Å². The topological polar surface area (TPSA) is 3.24 Å². The zero-order valence-corrected chi connectivity index (χ0v) is 10.1. The molecule has 0 aromatic carbocycles. The van der Waals surface area contributed by atoms with Crippen LogP contribution in [0.25, 0.3) is 0 Å². The second kappa shape index (κ2) is 3.84. The van der Waals surface area contributed by atoms with Crippen LogP contribution in [0, 0.1) is 11.8 Å². The van der Waals surface area contributed by atoms with Gasteiger partial charge in [-0.2, -0.15) is 0 Å². The Morgan fingerprint density at radius 1 is 0.929 bits per heavy atom. The molecule has 0 unspecified atom stereocenters. The van der Waals surface area contributed by atoms with Crippen LogP contribution in [0.4, 0.5) is 0 Å². The number of piperidine rings is 1. The fourth-order valence-corrected chi connectivity index (χ4v) is 3.21. The molecule has 2 aliphatic rings. The molecule has 0 spiro atoms. The van der Waals surface area contributed by atoms with Gasteiger partial charge < -0.3 is 0 Å². The molecule has 1 nitrogen and oxygen atoms in total.